The highest BCUT2D eigenvalue weighted by atomic mass is 16.6. The first kappa shape index (κ1) is 14.6. The van der Waals surface area contributed by atoms with Crippen molar-refractivity contribution in [1.82, 2.24) is 10.2 Å². The third kappa shape index (κ3) is 3.29. The lowest BCUT2D eigenvalue weighted by molar-refractivity contribution is -0.385. The van der Waals surface area contributed by atoms with E-state index in [1.165, 1.54) is 6.07 Å². The molecule has 0 amide bonds. The fraction of sp³-hybridized carbons (Fsp3) is 0.0625. The molecule has 23 heavy (non-hydrogen) atoms. The summed E-state index contributed by atoms with van der Waals surface area (Å²) in [7, 11) is 0. The van der Waals surface area contributed by atoms with E-state index in [1.807, 2.05) is 30.3 Å². The lowest BCUT2D eigenvalue weighted by atomic mass is 10.1. The van der Waals surface area contributed by atoms with E-state index in [2.05, 4.69) is 10.2 Å². The van der Waals surface area contributed by atoms with E-state index >= 15 is 0 Å². The van der Waals surface area contributed by atoms with Gasteiger partial charge in [-0.15, -0.1) is 0 Å². The summed E-state index contributed by atoms with van der Waals surface area (Å²) in [5, 5.41) is 17.8. The molecule has 0 aliphatic carbocycles. The van der Waals surface area contributed by atoms with Crippen molar-refractivity contribution >= 4 is 11.5 Å². The molecule has 0 aliphatic heterocycles. The van der Waals surface area contributed by atoms with Crippen molar-refractivity contribution in [2.45, 2.75) is 6.61 Å². The molecule has 0 saturated heterocycles. The molecule has 0 radical (unpaired) electrons. The molecule has 3 rings (SSSR count). The van der Waals surface area contributed by atoms with Gasteiger partial charge < -0.3 is 10.5 Å². The standard InChI is InChI=1S/C16H14N4O3/c17-16-9-13(18-19-16)12-6-7-15(14(8-12)20(21)22)23-10-11-4-2-1-3-5-11/h1-9H,10H2,(H3,17,18,19). The molecule has 116 valence electrons. The summed E-state index contributed by atoms with van der Waals surface area (Å²) in [5.41, 5.74) is 7.62. The second-order valence-corrected chi connectivity index (χ2v) is 4.92. The monoisotopic (exact) mass is 310 g/mol. The first-order valence-electron chi connectivity index (χ1n) is 6.90. The van der Waals surface area contributed by atoms with Gasteiger partial charge >= 0.3 is 5.69 Å². The molecule has 0 unspecified atom stereocenters. The van der Waals surface area contributed by atoms with Gasteiger partial charge in [0.25, 0.3) is 0 Å². The molecule has 7 nitrogen and oxygen atoms in total. The second kappa shape index (κ2) is 6.18. The number of rotatable bonds is 5. The maximum Gasteiger partial charge on any atom is 0.311 e. The predicted octanol–water partition coefficient (Wildman–Crippen LogP) is 3.15. The maximum atomic E-state index is 11.3. The van der Waals surface area contributed by atoms with Crippen LogP contribution in [0.5, 0.6) is 5.75 Å². The Morgan fingerprint density at radius 2 is 1.96 bits per heavy atom. The molecule has 0 atom stereocenters. The van der Waals surface area contributed by atoms with Crippen LogP contribution in [0.3, 0.4) is 0 Å². The quantitative estimate of drug-likeness (QED) is 0.556. The molecule has 2 aromatic carbocycles. The number of aromatic amines is 1. The zero-order valence-corrected chi connectivity index (χ0v) is 12.1. The van der Waals surface area contributed by atoms with Crippen LogP contribution in [0, 0.1) is 10.1 Å². The van der Waals surface area contributed by atoms with Crippen molar-refractivity contribution in [2.75, 3.05) is 5.73 Å². The average molecular weight is 310 g/mol. The molecule has 0 saturated carbocycles. The fourth-order valence-corrected chi connectivity index (χ4v) is 2.17. The van der Waals surface area contributed by atoms with Crippen LogP contribution in [0.1, 0.15) is 5.56 Å². The van der Waals surface area contributed by atoms with Gasteiger partial charge in [0.1, 0.15) is 12.4 Å². The van der Waals surface area contributed by atoms with Crippen molar-refractivity contribution in [3.63, 3.8) is 0 Å². The second-order valence-electron chi connectivity index (χ2n) is 4.92. The maximum absolute atomic E-state index is 11.3. The predicted molar refractivity (Wildman–Crippen MR) is 85.9 cm³/mol. The number of ether oxygens (including phenoxy) is 1. The van der Waals surface area contributed by atoms with E-state index in [9.17, 15) is 10.1 Å². The van der Waals surface area contributed by atoms with Crippen LogP contribution in [-0.2, 0) is 6.61 Å². The molecule has 0 fully saturated rings. The van der Waals surface area contributed by atoms with E-state index in [4.69, 9.17) is 10.5 Å². The molecule has 1 heterocycles. The summed E-state index contributed by atoms with van der Waals surface area (Å²) in [6, 6.07) is 15.8. The lowest BCUT2D eigenvalue weighted by Gasteiger charge is -2.08. The minimum atomic E-state index is -0.469. The van der Waals surface area contributed by atoms with Crippen molar-refractivity contribution in [3.05, 3.63) is 70.3 Å². The highest BCUT2D eigenvalue weighted by molar-refractivity contribution is 5.67. The van der Waals surface area contributed by atoms with Gasteiger partial charge in [0.2, 0.25) is 0 Å². The summed E-state index contributed by atoms with van der Waals surface area (Å²) in [6.45, 7) is 0.262. The van der Waals surface area contributed by atoms with Gasteiger partial charge in [-0.2, -0.15) is 5.10 Å². The van der Waals surface area contributed by atoms with E-state index in [1.54, 1.807) is 18.2 Å². The number of nitrogen functional groups attached to an aromatic ring is 1. The van der Waals surface area contributed by atoms with Crippen LogP contribution in [0.25, 0.3) is 11.3 Å². The average Bonchev–Trinajstić information content (AvgIpc) is 3.00. The van der Waals surface area contributed by atoms with Gasteiger partial charge in [0.05, 0.1) is 10.6 Å². The largest absolute Gasteiger partial charge is 0.482 e. The minimum absolute atomic E-state index is 0.105. The number of H-pyrrole nitrogens is 1. The summed E-state index contributed by atoms with van der Waals surface area (Å²) in [4.78, 5) is 10.8. The Hall–Kier alpha value is -3.35. The molecule has 7 heteroatoms. The van der Waals surface area contributed by atoms with Crippen LogP contribution in [0.4, 0.5) is 11.5 Å². The van der Waals surface area contributed by atoms with E-state index in [0.717, 1.165) is 5.56 Å². The molecular formula is C16H14N4O3. The van der Waals surface area contributed by atoms with Crippen LogP contribution in [-0.4, -0.2) is 15.1 Å². The highest BCUT2D eigenvalue weighted by Crippen LogP contribution is 2.32. The SMILES string of the molecule is Nc1cc(-c2ccc(OCc3ccccc3)c([N+](=O)[O-])c2)[nH]n1. The summed E-state index contributed by atoms with van der Waals surface area (Å²) in [6.07, 6.45) is 0. The molecule has 1 aromatic heterocycles. The van der Waals surface area contributed by atoms with Crippen molar-refractivity contribution in [3.8, 4) is 17.0 Å². The molecule has 3 N–H and O–H groups in total. The van der Waals surface area contributed by atoms with Crippen LogP contribution >= 0.6 is 0 Å². The van der Waals surface area contributed by atoms with E-state index in [-0.39, 0.29) is 18.0 Å². The Bertz CT molecular complexity index is 830. The minimum Gasteiger partial charge on any atom is -0.482 e. The van der Waals surface area contributed by atoms with Crippen molar-refractivity contribution < 1.29 is 9.66 Å². The van der Waals surface area contributed by atoms with E-state index in [0.29, 0.717) is 17.1 Å². The number of hydrogen-bond acceptors (Lipinski definition) is 5. The zero-order valence-electron chi connectivity index (χ0n) is 12.1. The highest BCUT2D eigenvalue weighted by Gasteiger charge is 2.17. The molecule has 3 aromatic rings. The van der Waals surface area contributed by atoms with Crippen LogP contribution < -0.4 is 10.5 Å². The number of nitrogens with one attached hydrogen (secondary N) is 1. The molecule has 0 spiro atoms. The van der Waals surface area contributed by atoms with Gasteiger partial charge in [-0.1, -0.05) is 30.3 Å². The summed E-state index contributed by atoms with van der Waals surface area (Å²) in [5.74, 6) is 0.544. The number of nitrogens with two attached hydrogens (primary N) is 1. The van der Waals surface area contributed by atoms with Gasteiger partial charge in [-0.25, -0.2) is 0 Å². The van der Waals surface area contributed by atoms with Gasteiger partial charge in [0, 0.05) is 17.7 Å². The Labute approximate surface area is 131 Å². The van der Waals surface area contributed by atoms with Crippen LogP contribution in [0.2, 0.25) is 0 Å². The molecular weight excluding hydrogens is 296 g/mol. The summed E-state index contributed by atoms with van der Waals surface area (Å²) < 4.78 is 5.59. The smallest absolute Gasteiger partial charge is 0.311 e. The normalized spacial score (nSPS) is 10.4. The topological polar surface area (TPSA) is 107 Å². The Morgan fingerprint density at radius 3 is 2.61 bits per heavy atom. The van der Waals surface area contributed by atoms with Crippen LogP contribution in [0.15, 0.2) is 54.6 Å². The Kier molecular flexibility index (Phi) is 3.92. The number of hydrogen-bond donors (Lipinski definition) is 2. The first-order chi connectivity index (χ1) is 11.1. The van der Waals surface area contributed by atoms with Gasteiger partial charge in [0.15, 0.2) is 5.75 Å². The molecule has 0 aliphatic rings. The Morgan fingerprint density at radius 1 is 1.17 bits per heavy atom. The number of benzene rings is 2. The first-order valence-corrected chi connectivity index (χ1v) is 6.90. The number of nitro groups is 1. The van der Waals surface area contributed by atoms with Gasteiger partial charge in [-0.3, -0.25) is 15.2 Å². The van der Waals surface area contributed by atoms with Crippen molar-refractivity contribution in [2.24, 2.45) is 0 Å². The van der Waals surface area contributed by atoms with Gasteiger partial charge in [-0.05, 0) is 17.7 Å². The molecule has 0 bridgehead atoms. The fourth-order valence-electron chi connectivity index (χ4n) is 2.17. The number of aromatic nitrogens is 2. The zero-order chi connectivity index (χ0) is 16.2. The number of nitro benzene ring substituents is 1. The third-order valence-corrected chi connectivity index (χ3v) is 3.30. The number of anilines is 1. The summed E-state index contributed by atoms with van der Waals surface area (Å²) >= 11 is 0. The Balaban J connectivity index is 1.87. The number of nitrogens with zero attached hydrogens (tertiary/aromatic N) is 2. The van der Waals surface area contributed by atoms with E-state index < -0.39 is 4.92 Å². The lowest BCUT2D eigenvalue weighted by Crippen LogP contribution is -1.99. The third-order valence-electron chi connectivity index (χ3n) is 3.30. The van der Waals surface area contributed by atoms with Crippen molar-refractivity contribution in [1.29, 1.82) is 0 Å².